The molecule has 24 heavy (non-hydrogen) atoms. The zero-order valence-electron chi connectivity index (χ0n) is 14.8. The second-order valence-electron chi connectivity index (χ2n) is 6.31. The number of aryl methyl sites for hydroxylation is 2. The van der Waals surface area contributed by atoms with E-state index in [1.165, 1.54) is 26.3 Å². The number of hydrogen-bond acceptors (Lipinski definition) is 3. The van der Waals surface area contributed by atoms with E-state index in [0.717, 1.165) is 18.4 Å². The molecular weight excluding hydrogens is 308 g/mol. The van der Waals surface area contributed by atoms with E-state index < -0.39 is 11.2 Å². The molecule has 2 aromatic heterocycles. The fraction of sp³-hybridized carbons (Fsp3) is 0.471. The third kappa shape index (κ3) is 3.34. The molecular formula is C17H24N4O3. The highest BCUT2D eigenvalue weighted by molar-refractivity contribution is 5.70. The lowest BCUT2D eigenvalue weighted by Gasteiger charge is -2.05. The van der Waals surface area contributed by atoms with Crippen molar-refractivity contribution in [2.45, 2.75) is 40.2 Å². The van der Waals surface area contributed by atoms with Crippen LogP contribution >= 0.6 is 0 Å². The van der Waals surface area contributed by atoms with Gasteiger partial charge in [0.25, 0.3) is 5.56 Å². The Morgan fingerprint density at radius 1 is 1.04 bits per heavy atom. The van der Waals surface area contributed by atoms with Crippen molar-refractivity contribution < 1.29 is 0 Å². The normalized spacial score (nSPS) is 12.0. The highest BCUT2D eigenvalue weighted by atomic mass is 16.2. The number of nitrogens with one attached hydrogen (secondary N) is 1. The van der Waals surface area contributed by atoms with E-state index >= 15 is 0 Å². The number of H-pyrrole nitrogens is 1. The van der Waals surface area contributed by atoms with Crippen LogP contribution in [0.1, 0.15) is 33.6 Å². The van der Waals surface area contributed by atoms with Gasteiger partial charge in [-0.15, -0.1) is 0 Å². The van der Waals surface area contributed by atoms with Crippen LogP contribution in [-0.4, -0.2) is 18.7 Å². The number of allylic oxidation sites excluding steroid dienone is 4. The maximum absolute atomic E-state index is 12.4. The molecule has 0 saturated carbocycles. The van der Waals surface area contributed by atoms with Crippen LogP contribution in [0.15, 0.2) is 37.7 Å². The number of rotatable bonds is 5. The molecule has 0 fully saturated rings. The first-order chi connectivity index (χ1) is 11.2. The molecule has 0 bridgehead atoms. The Morgan fingerprint density at radius 3 is 2.33 bits per heavy atom. The number of imidazole rings is 1. The summed E-state index contributed by atoms with van der Waals surface area (Å²) in [6.45, 7) is 6.47. The minimum absolute atomic E-state index is 0.206. The topological polar surface area (TPSA) is 81.8 Å². The summed E-state index contributed by atoms with van der Waals surface area (Å²) in [4.78, 5) is 38.5. The smallest absolute Gasteiger partial charge is 0.289 e. The third-order valence-electron chi connectivity index (χ3n) is 4.09. The van der Waals surface area contributed by atoms with Gasteiger partial charge in [-0.05, 0) is 33.6 Å². The fourth-order valence-electron chi connectivity index (χ4n) is 2.68. The van der Waals surface area contributed by atoms with Crippen molar-refractivity contribution in [3.8, 4) is 0 Å². The summed E-state index contributed by atoms with van der Waals surface area (Å²) in [5, 5.41) is 0. The monoisotopic (exact) mass is 332 g/mol. The molecule has 0 amide bonds. The van der Waals surface area contributed by atoms with Gasteiger partial charge in [0.2, 0.25) is 0 Å². The van der Waals surface area contributed by atoms with Gasteiger partial charge in [0.05, 0.1) is 0 Å². The number of aromatic amines is 1. The maximum atomic E-state index is 12.4. The fourth-order valence-corrected chi connectivity index (χ4v) is 2.68. The summed E-state index contributed by atoms with van der Waals surface area (Å²) in [5.74, 6) is 0. The lowest BCUT2D eigenvalue weighted by atomic mass is 10.1. The van der Waals surface area contributed by atoms with Gasteiger partial charge >= 0.3 is 11.4 Å². The summed E-state index contributed by atoms with van der Waals surface area (Å²) in [6.07, 6.45) is 5.99. The van der Waals surface area contributed by atoms with Crippen LogP contribution in [0.3, 0.4) is 0 Å². The molecule has 0 saturated heterocycles. The first-order valence-corrected chi connectivity index (χ1v) is 7.91. The Morgan fingerprint density at radius 2 is 1.71 bits per heavy atom. The van der Waals surface area contributed by atoms with Gasteiger partial charge in [-0.25, -0.2) is 9.59 Å². The van der Waals surface area contributed by atoms with Crippen molar-refractivity contribution in [1.82, 2.24) is 18.7 Å². The van der Waals surface area contributed by atoms with E-state index in [0.29, 0.717) is 12.2 Å². The van der Waals surface area contributed by atoms with E-state index in [4.69, 9.17) is 0 Å². The molecule has 0 aliphatic heterocycles. The van der Waals surface area contributed by atoms with E-state index in [9.17, 15) is 14.4 Å². The average Bonchev–Trinajstić information content (AvgIpc) is 2.75. The summed E-state index contributed by atoms with van der Waals surface area (Å²) >= 11 is 0. The van der Waals surface area contributed by atoms with Crippen molar-refractivity contribution in [3.05, 3.63) is 54.6 Å². The van der Waals surface area contributed by atoms with Gasteiger partial charge in [-0.1, -0.05) is 23.3 Å². The second kappa shape index (κ2) is 6.90. The lowest BCUT2D eigenvalue weighted by molar-refractivity contribution is 0.717. The largest absolute Gasteiger partial charge is 0.330 e. The molecule has 0 aromatic carbocycles. The molecule has 1 N–H and O–H groups in total. The van der Waals surface area contributed by atoms with Crippen molar-refractivity contribution in [2.24, 2.45) is 14.1 Å². The summed E-state index contributed by atoms with van der Waals surface area (Å²) in [5.41, 5.74) is 1.59. The molecule has 0 unspecified atom stereocenters. The van der Waals surface area contributed by atoms with Gasteiger partial charge in [0.1, 0.15) is 0 Å². The zero-order chi connectivity index (χ0) is 18.0. The van der Waals surface area contributed by atoms with E-state index in [-0.39, 0.29) is 11.2 Å². The predicted molar refractivity (Wildman–Crippen MR) is 95.5 cm³/mol. The quantitative estimate of drug-likeness (QED) is 0.841. The van der Waals surface area contributed by atoms with Gasteiger partial charge in [-0.2, -0.15) is 0 Å². The van der Waals surface area contributed by atoms with Gasteiger partial charge in [0.15, 0.2) is 11.2 Å². The van der Waals surface area contributed by atoms with E-state index in [2.05, 4.69) is 24.9 Å². The van der Waals surface area contributed by atoms with E-state index in [1.807, 2.05) is 13.0 Å². The highest BCUT2D eigenvalue weighted by Gasteiger charge is 2.16. The molecule has 0 atom stereocenters. The minimum Gasteiger partial charge on any atom is -0.289 e. The molecule has 7 nitrogen and oxygen atoms in total. The molecule has 7 heteroatoms. The average molecular weight is 332 g/mol. The molecule has 130 valence electrons. The Hall–Kier alpha value is -2.57. The first-order valence-electron chi connectivity index (χ1n) is 7.91. The van der Waals surface area contributed by atoms with Crippen LogP contribution in [-0.2, 0) is 20.6 Å². The Balaban J connectivity index is 2.45. The maximum Gasteiger partial charge on any atom is 0.330 e. The van der Waals surface area contributed by atoms with Gasteiger partial charge in [-0.3, -0.25) is 23.5 Å². The van der Waals surface area contributed by atoms with Crippen LogP contribution in [0.25, 0.3) is 11.2 Å². The molecule has 0 radical (unpaired) electrons. The van der Waals surface area contributed by atoms with Crippen LogP contribution in [0.4, 0.5) is 0 Å². The number of aromatic nitrogens is 4. The zero-order valence-corrected chi connectivity index (χ0v) is 14.8. The Labute approximate surface area is 139 Å². The first kappa shape index (κ1) is 17.8. The highest BCUT2D eigenvalue weighted by Crippen LogP contribution is 2.09. The SMILES string of the molecule is CC(C)=CCC/C(C)=C/Cn1c(=O)n(C)c2c(=O)[nH]c(=O)n(C)c21. The Bertz CT molecular complexity index is 992. The number of hydrogen-bond donors (Lipinski definition) is 1. The van der Waals surface area contributed by atoms with Crippen molar-refractivity contribution in [1.29, 1.82) is 0 Å². The van der Waals surface area contributed by atoms with Gasteiger partial charge < -0.3 is 0 Å². The van der Waals surface area contributed by atoms with Gasteiger partial charge in [0, 0.05) is 20.6 Å². The minimum atomic E-state index is -0.546. The second-order valence-corrected chi connectivity index (χ2v) is 6.31. The van der Waals surface area contributed by atoms with Crippen LogP contribution in [0.5, 0.6) is 0 Å². The Kier molecular flexibility index (Phi) is 5.11. The lowest BCUT2D eigenvalue weighted by Crippen LogP contribution is -2.29. The molecule has 2 aromatic rings. The van der Waals surface area contributed by atoms with Crippen molar-refractivity contribution >= 4 is 11.2 Å². The molecule has 2 rings (SSSR count). The van der Waals surface area contributed by atoms with Crippen LogP contribution in [0.2, 0.25) is 0 Å². The molecule has 0 spiro atoms. The summed E-state index contributed by atoms with van der Waals surface area (Å²) in [6, 6.07) is 0. The molecule has 2 heterocycles. The standard InChI is InChI=1S/C17H24N4O3/c1-11(2)7-6-8-12(3)9-10-21-15-13(19(4)17(21)24)14(22)18-16(23)20(15)5/h7,9H,6,8,10H2,1-5H3,(H,18,22,23)/b12-9+. The number of nitrogens with zero attached hydrogens (tertiary/aromatic N) is 3. The molecule has 0 aliphatic rings. The number of fused-ring (bicyclic) bond motifs is 1. The predicted octanol–water partition coefficient (Wildman–Crippen LogP) is 1.42. The molecule has 0 aliphatic carbocycles. The van der Waals surface area contributed by atoms with Crippen molar-refractivity contribution in [2.75, 3.05) is 0 Å². The summed E-state index contributed by atoms with van der Waals surface area (Å²) < 4.78 is 4.03. The third-order valence-corrected chi connectivity index (χ3v) is 4.09. The van der Waals surface area contributed by atoms with E-state index in [1.54, 1.807) is 7.05 Å². The van der Waals surface area contributed by atoms with Crippen molar-refractivity contribution in [3.63, 3.8) is 0 Å². The van der Waals surface area contributed by atoms with Crippen LogP contribution < -0.4 is 16.9 Å². The van der Waals surface area contributed by atoms with Crippen LogP contribution in [0, 0.1) is 0 Å². The summed E-state index contributed by atoms with van der Waals surface area (Å²) in [7, 11) is 3.08.